The standard InChI is InChI=1S/C20H12N2/c1-21-19-10-6-9-18(20(19)22-2)17-13-11-16(12-14-17)15-7-4-3-5-8-15/h3-14H. The van der Waals surface area contributed by atoms with Crippen molar-refractivity contribution >= 4 is 11.4 Å². The van der Waals surface area contributed by atoms with E-state index >= 15 is 0 Å². The second-order valence-electron chi connectivity index (χ2n) is 4.84. The van der Waals surface area contributed by atoms with Crippen LogP contribution in [0.4, 0.5) is 11.4 Å². The second-order valence-corrected chi connectivity index (χ2v) is 4.84. The van der Waals surface area contributed by atoms with Gasteiger partial charge in [-0.1, -0.05) is 72.8 Å². The average molecular weight is 280 g/mol. The van der Waals surface area contributed by atoms with Crippen LogP contribution >= 0.6 is 0 Å². The van der Waals surface area contributed by atoms with E-state index in [4.69, 9.17) is 13.1 Å². The van der Waals surface area contributed by atoms with Gasteiger partial charge in [0.1, 0.15) is 0 Å². The molecule has 0 radical (unpaired) electrons. The van der Waals surface area contributed by atoms with Gasteiger partial charge >= 0.3 is 0 Å². The fraction of sp³-hybridized carbons (Fsp3) is 0. The molecule has 0 aliphatic carbocycles. The van der Waals surface area contributed by atoms with E-state index in [0.717, 1.165) is 22.3 Å². The van der Waals surface area contributed by atoms with Gasteiger partial charge in [-0.05, 0) is 22.3 Å². The van der Waals surface area contributed by atoms with Gasteiger partial charge in [-0.25, -0.2) is 4.85 Å². The smallest absolute Gasteiger partial charge is 0.202 e. The molecule has 0 aliphatic rings. The van der Waals surface area contributed by atoms with Crippen molar-refractivity contribution in [3.05, 3.63) is 95.6 Å². The molecule has 0 aromatic heterocycles. The minimum absolute atomic E-state index is 0.402. The Hall–Kier alpha value is -3.36. The zero-order valence-electron chi connectivity index (χ0n) is 11.8. The molecule has 0 bridgehead atoms. The number of para-hydroxylation sites is 1. The fourth-order valence-corrected chi connectivity index (χ4v) is 2.44. The van der Waals surface area contributed by atoms with Crippen molar-refractivity contribution in [2.24, 2.45) is 0 Å². The van der Waals surface area contributed by atoms with Crippen molar-refractivity contribution in [3.63, 3.8) is 0 Å². The second kappa shape index (κ2) is 5.95. The number of hydrogen-bond acceptors (Lipinski definition) is 0. The van der Waals surface area contributed by atoms with Crippen LogP contribution in [-0.2, 0) is 0 Å². The SMILES string of the molecule is [C-]#[N+]c1cccc(-c2ccc(-c3ccccc3)cc2)c1[N+]#[C-]. The van der Waals surface area contributed by atoms with Gasteiger partial charge in [0.05, 0.1) is 13.1 Å². The fourth-order valence-electron chi connectivity index (χ4n) is 2.44. The predicted octanol–water partition coefficient (Wildman–Crippen LogP) is 6.12. The highest BCUT2D eigenvalue weighted by Crippen LogP contribution is 2.38. The van der Waals surface area contributed by atoms with Crippen molar-refractivity contribution in [3.8, 4) is 22.3 Å². The van der Waals surface area contributed by atoms with Gasteiger partial charge in [0.25, 0.3) is 0 Å². The molecule has 102 valence electrons. The van der Waals surface area contributed by atoms with Crippen LogP contribution in [0.3, 0.4) is 0 Å². The number of benzene rings is 3. The van der Waals surface area contributed by atoms with E-state index in [-0.39, 0.29) is 0 Å². The van der Waals surface area contributed by atoms with Crippen molar-refractivity contribution < 1.29 is 0 Å². The third-order valence-corrected chi connectivity index (χ3v) is 3.55. The van der Waals surface area contributed by atoms with E-state index in [9.17, 15) is 0 Å². The summed E-state index contributed by atoms with van der Waals surface area (Å²) in [5, 5.41) is 0. The first-order chi connectivity index (χ1) is 10.8. The number of hydrogen-bond donors (Lipinski definition) is 0. The van der Waals surface area contributed by atoms with E-state index in [2.05, 4.69) is 21.8 Å². The molecule has 2 heteroatoms. The zero-order valence-corrected chi connectivity index (χ0v) is 11.8. The summed E-state index contributed by atoms with van der Waals surface area (Å²) in [7, 11) is 0. The molecule has 0 N–H and O–H groups in total. The van der Waals surface area contributed by atoms with Crippen LogP contribution in [0.15, 0.2) is 72.8 Å². The largest absolute Gasteiger partial charge is 0.250 e. The lowest BCUT2D eigenvalue weighted by Crippen LogP contribution is -1.81. The monoisotopic (exact) mass is 280 g/mol. The minimum Gasteiger partial charge on any atom is -0.250 e. The topological polar surface area (TPSA) is 8.72 Å². The summed E-state index contributed by atoms with van der Waals surface area (Å²) in [6.07, 6.45) is 0. The summed E-state index contributed by atoms with van der Waals surface area (Å²) < 4.78 is 0. The maximum atomic E-state index is 7.34. The molecular formula is C20H12N2. The summed E-state index contributed by atoms with van der Waals surface area (Å²) in [6, 6.07) is 23.6. The van der Waals surface area contributed by atoms with E-state index in [1.165, 1.54) is 0 Å². The molecule has 0 fully saturated rings. The van der Waals surface area contributed by atoms with Crippen molar-refractivity contribution in [2.75, 3.05) is 0 Å². The Bertz CT molecular complexity index is 880. The van der Waals surface area contributed by atoms with E-state index in [1.807, 2.05) is 54.6 Å². The third kappa shape index (κ3) is 2.46. The number of nitrogens with zero attached hydrogens (tertiary/aromatic N) is 2. The average Bonchev–Trinajstić information content (AvgIpc) is 2.62. The van der Waals surface area contributed by atoms with E-state index < -0.39 is 0 Å². The molecule has 0 saturated carbocycles. The van der Waals surface area contributed by atoms with Crippen molar-refractivity contribution in [1.82, 2.24) is 0 Å². The summed E-state index contributed by atoms with van der Waals surface area (Å²) in [6.45, 7) is 14.5. The first-order valence-electron chi connectivity index (χ1n) is 6.87. The van der Waals surface area contributed by atoms with Crippen LogP contribution in [0.25, 0.3) is 31.9 Å². The number of rotatable bonds is 2. The molecule has 3 aromatic rings. The summed E-state index contributed by atoms with van der Waals surface area (Å²) in [5.74, 6) is 0. The predicted molar refractivity (Wildman–Crippen MR) is 89.8 cm³/mol. The van der Waals surface area contributed by atoms with Gasteiger partial charge in [-0.2, -0.15) is 0 Å². The maximum Gasteiger partial charge on any atom is 0.202 e. The van der Waals surface area contributed by atoms with E-state index in [1.54, 1.807) is 6.07 Å². The third-order valence-electron chi connectivity index (χ3n) is 3.55. The molecule has 0 unspecified atom stereocenters. The van der Waals surface area contributed by atoms with Gasteiger partial charge in [-0.3, -0.25) is 4.85 Å². The Morgan fingerprint density at radius 2 is 1.18 bits per heavy atom. The van der Waals surface area contributed by atoms with Crippen LogP contribution in [0.2, 0.25) is 0 Å². The maximum absolute atomic E-state index is 7.34. The molecule has 0 amide bonds. The molecule has 0 heterocycles. The molecule has 0 aliphatic heterocycles. The van der Waals surface area contributed by atoms with Crippen LogP contribution in [0.5, 0.6) is 0 Å². The minimum atomic E-state index is 0.402. The summed E-state index contributed by atoms with van der Waals surface area (Å²) in [5.41, 5.74) is 4.88. The quantitative estimate of drug-likeness (QED) is 0.500. The Labute approximate surface area is 129 Å². The van der Waals surface area contributed by atoms with Gasteiger partial charge < -0.3 is 0 Å². The van der Waals surface area contributed by atoms with Crippen LogP contribution in [0.1, 0.15) is 0 Å². The van der Waals surface area contributed by atoms with Gasteiger partial charge in [0.2, 0.25) is 5.69 Å². The van der Waals surface area contributed by atoms with Crippen LogP contribution in [0, 0.1) is 13.1 Å². The Kier molecular flexibility index (Phi) is 3.69. The first kappa shape index (κ1) is 13.6. The van der Waals surface area contributed by atoms with Crippen LogP contribution < -0.4 is 0 Å². The normalized spacial score (nSPS) is 9.73. The summed E-state index contributed by atoms with van der Waals surface area (Å²) >= 11 is 0. The highest BCUT2D eigenvalue weighted by molar-refractivity contribution is 5.88. The van der Waals surface area contributed by atoms with Gasteiger partial charge in [0.15, 0.2) is 5.69 Å². The van der Waals surface area contributed by atoms with Crippen LogP contribution in [-0.4, -0.2) is 0 Å². The Morgan fingerprint density at radius 1 is 0.545 bits per heavy atom. The highest BCUT2D eigenvalue weighted by atomic mass is 14.8. The lowest BCUT2D eigenvalue weighted by molar-refractivity contribution is 1.59. The highest BCUT2D eigenvalue weighted by Gasteiger charge is 2.10. The van der Waals surface area contributed by atoms with Gasteiger partial charge in [0, 0.05) is 0 Å². The Balaban J connectivity index is 2.05. The molecule has 0 saturated heterocycles. The molecule has 0 atom stereocenters. The molecular weight excluding hydrogens is 268 g/mol. The Morgan fingerprint density at radius 3 is 1.82 bits per heavy atom. The van der Waals surface area contributed by atoms with Crippen molar-refractivity contribution in [1.29, 1.82) is 0 Å². The van der Waals surface area contributed by atoms with Crippen molar-refractivity contribution in [2.45, 2.75) is 0 Å². The summed E-state index contributed by atoms with van der Waals surface area (Å²) in [4.78, 5) is 6.96. The zero-order chi connectivity index (χ0) is 15.4. The first-order valence-corrected chi connectivity index (χ1v) is 6.87. The molecule has 3 rings (SSSR count). The molecule has 0 spiro atoms. The van der Waals surface area contributed by atoms with Gasteiger partial charge in [-0.15, -0.1) is 0 Å². The molecule has 3 aromatic carbocycles. The lowest BCUT2D eigenvalue weighted by Gasteiger charge is -2.08. The lowest BCUT2D eigenvalue weighted by atomic mass is 9.99. The molecule has 2 nitrogen and oxygen atoms in total. The molecule has 22 heavy (non-hydrogen) atoms. The van der Waals surface area contributed by atoms with E-state index in [0.29, 0.717) is 11.4 Å².